The minimum absolute atomic E-state index is 0.249. The Morgan fingerprint density at radius 3 is 2.63 bits per heavy atom. The summed E-state index contributed by atoms with van der Waals surface area (Å²) in [5.41, 5.74) is 1.12. The van der Waals surface area contributed by atoms with Crippen molar-refractivity contribution in [2.45, 2.75) is 26.4 Å². The molecule has 0 atom stereocenters. The Balaban J connectivity index is 1.88. The van der Waals surface area contributed by atoms with Gasteiger partial charge in [-0.05, 0) is 61.6 Å². The van der Waals surface area contributed by atoms with Gasteiger partial charge in [0.15, 0.2) is 0 Å². The summed E-state index contributed by atoms with van der Waals surface area (Å²) in [5, 5.41) is 4.43. The van der Waals surface area contributed by atoms with Crippen LogP contribution in [0, 0.1) is 9.39 Å². The molecule has 1 aliphatic rings. The largest absolute Gasteiger partial charge is 0.373 e. The van der Waals surface area contributed by atoms with Gasteiger partial charge in [-0.25, -0.2) is 14.4 Å². The number of halogens is 2. The van der Waals surface area contributed by atoms with Crippen molar-refractivity contribution in [2.75, 3.05) is 18.5 Å². The van der Waals surface area contributed by atoms with Crippen molar-refractivity contribution in [1.82, 2.24) is 9.63 Å². The summed E-state index contributed by atoms with van der Waals surface area (Å²) >= 11 is 2.04. The average molecular weight is 526 g/mol. The van der Waals surface area contributed by atoms with Gasteiger partial charge >= 0.3 is 0 Å². The summed E-state index contributed by atoms with van der Waals surface area (Å²) in [4.78, 5) is 22.5. The van der Waals surface area contributed by atoms with Crippen molar-refractivity contribution in [3.05, 3.63) is 56.1 Å². The number of rotatable bonds is 6. The maximum atomic E-state index is 14.4. The second-order valence-corrected chi connectivity index (χ2v) is 8.96. The third kappa shape index (κ3) is 5.08. The number of anilines is 2. The summed E-state index contributed by atoms with van der Waals surface area (Å²) in [6.45, 7) is 10.7. The zero-order valence-corrected chi connectivity index (χ0v) is 19.5. The molecular weight excluding hydrogens is 502 g/mol. The molecule has 0 amide bonds. The van der Waals surface area contributed by atoms with Gasteiger partial charge < -0.3 is 10.1 Å². The molecule has 160 valence electrons. The molecule has 0 unspecified atom stereocenters. The minimum atomic E-state index is -0.423. The zero-order valence-electron chi connectivity index (χ0n) is 17.3. The summed E-state index contributed by atoms with van der Waals surface area (Å²) in [6, 6.07) is 6.20. The molecule has 2 heterocycles. The maximum Gasteiger partial charge on any atom is 0.254 e. The molecule has 0 radical (unpaired) electrons. The number of ether oxygens (including phenoxy) is 1. The Hall–Kier alpha value is -2.24. The molecule has 0 fully saturated rings. The molecule has 1 aliphatic heterocycles. The van der Waals surface area contributed by atoms with Crippen LogP contribution in [0.1, 0.15) is 26.3 Å². The van der Waals surface area contributed by atoms with Crippen LogP contribution in [0.15, 0.2) is 40.6 Å². The van der Waals surface area contributed by atoms with Crippen LogP contribution in [-0.2, 0) is 16.6 Å². The highest BCUT2D eigenvalue weighted by Gasteiger charge is 2.25. The van der Waals surface area contributed by atoms with Gasteiger partial charge in [-0.3, -0.25) is 14.2 Å². The van der Waals surface area contributed by atoms with Gasteiger partial charge in [0.25, 0.3) is 5.56 Å². The van der Waals surface area contributed by atoms with E-state index in [4.69, 9.17) is 9.57 Å². The van der Waals surface area contributed by atoms with E-state index in [1.165, 1.54) is 28.1 Å². The lowest BCUT2D eigenvalue weighted by molar-refractivity contribution is -0.0970. The molecule has 1 aromatic heterocycles. The molecule has 0 aliphatic carbocycles. The minimum Gasteiger partial charge on any atom is -0.373 e. The van der Waals surface area contributed by atoms with Crippen LogP contribution in [0.5, 0.6) is 0 Å². The lowest BCUT2D eigenvalue weighted by Crippen LogP contribution is -2.29. The van der Waals surface area contributed by atoms with Gasteiger partial charge in [-0.15, -0.1) is 0 Å². The maximum absolute atomic E-state index is 14.4. The Morgan fingerprint density at radius 1 is 1.23 bits per heavy atom. The number of nitrogens with zero attached hydrogens (tertiary/aromatic N) is 3. The lowest BCUT2D eigenvalue weighted by atomic mass is 10.1. The monoisotopic (exact) mass is 526 g/mol. The highest BCUT2D eigenvalue weighted by Crippen LogP contribution is 2.37. The van der Waals surface area contributed by atoms with E-state index in [-0.39, 0.29) is 23.5 Å². The molecule has 2 aromatic rings. The van der Waals surface area contributed by atoms with Crippen molar-refractivity contribution >= 4 is 51.8 Å². The zero-order chi connectivity index (χ0) is 22.1. The topological polar surface area (TPSA) is 68.1 Å². The molecule has 0 spiro atoms. The van der Waals surface area contributed by atoms with Gasteiger partial charge in [-0.2, -0.15) is 0 Å². The smallest absolute Gasteiger partial charge is 0.254 e. The van der Waals surface area contributed by atoms with Crippen LogP contribution in [0.25, 0.3) is 5.70 Å². The van der Waals surface area contributed by atoms with E-state index >= 15 is 0 Å². The highest BCUT2D eigenvalue weighted by molar-refractivity contribution is 14.1. The quantitative estimate of drug-likeness (QED) is 0.442. The highest BCUT2D eigenvalue weighted by atomic mass is 127. The SMILES string of the molecule is C=C1c2c(Nc3ccc(I)cc3F)cc(=O)n(C)c2N=CN1OCCOC(C)(C)C. The Kier molecular flexibility index (Phi) is 6.63. The second kappa shape index (κ2) is 8.86. The summed E-state index contributed by atoms with van der Waals surface area (Å²) in [7, 11) is 1.62. The van der Waals surface area contributed by atoms with Gasteiger partial charge in [-0.1, -0.05) is 6.58 Å². The van der Waals surface area contributed by atoms with E-state index in [2.05, 4.69) is 16.9 Å². The fourth-order valence-corrected chi connectivity index (χ4v) is 3.29. The van der Waals surface area contributed by atoms with Gasteiger partial charge in [0.05, 0.1) is 41.5 Å². The average Bonchev–Trinajstić information content (AvgIpc) is 2.65. The molecule has 30 heavy (non-hydrogen) atoms. The third-order valence-corrected chi connectivity index (χ3v) is 4.97. The molecule has 7 nitrogen and oxygen atoms in total. The fourth-order valence-electron chi connectivity index (χ4n) is 2.84. The lowest BCUT2D eigenvalue weighted by Gasteiger charge is -2.29. The van der Waals surface area contributed by atoms with E-state index in [0.29, 0.717) is 29.4 Å². The van der Waals surface area contributed by atoms with Crippen LogP contribution in [-0.4, -0.2) is 34.8 Å². The summed E-state index contributed by atoms with van der Waals surface area (Å²) in [5.74, 6) is -0.0135. The first-order valence-electron chi connectivity index (χ1n) is 9.32. The van der Waals surface area contributed by atoms with E-state index in [1.54, 1.807) is 19.2 Å². The summed E-state index contributed by atoms with van der Waals surface area (Å²) in [6.07, 6.45) is 1.45. The molecule has 9 heteroatoms. The van der Waals surface area contributed by atoms with E-state index in [1.807, 2.05) is 43.4 Å². The van der Waals surface area contributed by atoms with Crippen molar-refractivity contribution in [2.24, 2.45) is 12.0 Å². The Bertz CT molecular complexity index is 1060. The molecule has 1 aromatic carbocycles. The molecule has 0 saturated carbocycles. The Morgan fingerprint density at radius 2 is 1.97 bits per heavy atom. The first-order valence-corrected chi connectivity index (χ1v) is 10.4. The van der Waals surface area contributed by atoms with E-state index < -0.39 is 5.82 Å². The number of nitrogens with one attached hydrogen (secondary N) is 1. The van der Waals surface area contributed by atoms with Crippen LogP contribution >= 0.6 is 22.6 Å². The molecular formula is C21H24FIN4O3. The van der Waals surface area contributed by atoms with Gasteiger partial charge in [0.2, 0.25) is 0 Å². The van der Waals surface area contributed by atoms with E-state index in [9.17, 15) is 9.18 Å². The predicted octanol–water partition coefficient (Wildman–Crippen LogP) is 4.57. The fraction of sp³-hybridized carbons (Fsp3) is 0.333. The first kappa shape index (κ1) is 22.4. The van der Waals surface area contributed by atoms with Crippen LogP contribution in [0.2, 0.25) is 0 Å². The van der Waals surface area contributed by atoms with Crippen molar-refractivity contribution < 1.29 is 14.0 Å². The van der Waals surface area contributed by atoms with Crippen LogP contribution in [0.4, 0.5) is 21.6 Å². The van der Waals surface area contributed by atoms with Crippen molar-refractivity contribution in [1.29, 1.82) is 0 Å². The van der Waals surface area contributed by atoms with Gasteiger partial charge in [0, 0.05) is 16.7 Å². The number of hydrogen-bond acceptors (Lipinski definition) is 6. The van der Waals surface area contributed by atoms with E-state index in [0.717, 1.165) is 3.57 Å². The molecule has 0 bridgehead atoms. The van der Waals surface area contributed by atoms with Crippen LogP contribution in [0.3, 0.4) is 0 Å². The second-order valence-electron chi connectivity index (χ2n) is 7.71. The summed E-state index contributed by atoms with van der Waals surface area (Å²) < 4.78 is 22.2. The Labute approximate surface area is 188 Å². The normalized spacial score (nSPS) is 13.5. The molecule has 0 saturated heterocycles. The molecule has 3 rings (SSSR count). The standard InChI is InChI=1S/C21H24FIN4O3/c1-13-19-17(25-16-7-6-14(23)10-15(16)22)11-18(28)26(5)20(19)24-12-27(13)30-9-8-29-21(2,3)4/h6-7,10-12,25H,1,8-9H2,2-5H3. The number of benzene rings is 1. The van der Waals surface area contributed by atoms with Crippen LogP contribution < -0.4 is 10.9 Å². The van der Waals surface area contributed by atoms with Crippen molar-refractivity contribution in [3.8, 4) is 0 Å². The predicted molar refractivity (Wildman–Crippen MR) is 125 cm³/mol. The number of hydrogen-bond donors (Lipinski definition) is 1. The van der Waals surface area contributed by atoms with Gasteiger partial charge in [0.1, 0.15) is 18.0 Å². The first-order chi connectivity index (χ1) is 14.1. The molecule has 1 N–H and O–H groups in total. The van der Waals surface area contributed by atoms with Crippen molar-refractivity contribution in [3.63, 3.8) is 0 Å². The number of pyridine rings is 1. The number of aromatic nitrogens is 1. The number of fused-ring (bicyclic) bond motifs is 1. The number of hydroxylamine groups is 2. The number of aliphatic imine (C=N–C) groups is 1. The third-order valence-electron chi connectivity index (χ3n) is 4.30.